The molecule has 0 fully saturated rings. The van der Waals surface area contributed by atoms with Gasteiger partial charge in [-0.15, -0.1) is 0 Å². The molecule has 6 N–H and O–H groups in total. The molecule has 0 aliphatic heterocycles. The van der Waals surface area contributed by atoms with Crippen LogP contribution in [0.25, 0.3) is 0 Å². The van der Waals surface area contributed by atoms with Gasteiger partial charge < -0.3 is 35.8 Å². The van der Waals surface area contributed by atoms with E-state index in [0.29, 0.717) is 18.3 Å². The van der Waals surface area contributed by atoms with Crippen molar-refractivity contribution >= 4 is 29.8 Å². The third-order valence-corrected chi connectivity index (χ3v) is 15.3. The van der Waals surface area contributed by atoms with Crippen molar-refractivity contribution in [3.05, 3.63) is 0 Å². The molecule has 0 bridgehead atoms. The van der Waals surface area contributed by atoms with Crippen LogP contribution in [0.3, 0.4) is 0 Å². The van der Waals surface area contributed by atoms with Gasteiger partial charge in [-0.2, -0.15) is 0 Å². The molecule has 0 rings (SSSR count). The van der Waals surface area contributed by atoms with E-state index in [0.717, 1.165) is 110 Å². The zero-order chi connectivity index (χ0) is 53.7. The molecule has 430 valence electrons. The van der Waals surface area contributed by atoms with Gasteiger partial charge in [0.2, 0.25) is 0 Å². The van der Waals surface area contributed by atoms with Crippen LogP contribution in [-0.4, -0.2) is 88.0 Å². The average Bonchev–Trinajstić information content (AvgIpc) is 3.35. The third kappa shape index (κ3) is 53.9. The Bertz CT molecular complexity index is 1200. The van der Waals surface area contributed by atoms with E-state index in [1.54, 1.807) is 0 Å². The molecule has 0 aliphatic carbocycles. The van der Waals surface area contributed by atoms with Gasteiger partial charge >= 0.3 is 29.8 Å². The van der Waals surface area contributed by atoms with Gasteiger partial charge in [0.15, 0.2) is 0 Å². The van der Waals surface area contributed by atoms with Crippen molar-refractivity contribution in [2.45, 2.75) is 321 Å². The lowest BCUT2D eigenvalue weighted by Crippen LogP contribution is -2.36. The third-order valence-electron chi connectivity index (χ3n) is 15.3. The van der Waals surface area contributed by atoms with Crippen LogP contribution in [0.1, 0.15) is 315 Å². The highest BCUT2D eigenvalue weighted by molar-refractivity contribution is 5.75. The van der Waals surface area contributed by atoms with E-state index in [4.69, 9.17) is 30.9 Å². The molecule has 73 heavy (non-hydrogen) atoms. The van der Waals surface area contributed by atoms with Crippen LogP contribution in [0, 0.1) is 11.8 Å². The van der Waals surface area contributed by atoms with Gasteiger partial charge in [-0.05, 0) is 82.6 Å². The van der Waals surface area contributed by atoms with Gasteiger partial charge in [0.1, 0.15) is 6.04 Å². The van der Waals surface area contributed by atoms with Gasteiger partial charge in [-0.3, -0.25) is 24.0 Å². The summed E-state index contributed by atoms with van der Waals surface area (Å²) in [5.41, 5.74) is 6.19. The molecule has 0 radical (unpaired) electrons. The summed E-state index contributed by atoms with van der Waals surface area (Å²) in [6.07, 6.45) is 53.3. The number of aliphatic carboxylic acids is 4. The Morgan fingerprint density at radius 3 is 0.753 bits per heavy atom. The summed E-state index contributed by atoms with van der Waals surface area (Å²) < 4.78 is 4.94. The Labute approximate surface area is 447 Å². The number of esters is 1. The molecule has 0 aromatic heterocycles. The smallest absolute Gasteiger partial charge is 0.322 e. The number of hydrogen-bond acceptors (Lipinski definition) is 8. The second kappa shape index (κ2) is 54.1. The Morgan fingerprint density at radius 2 is 0.534 bits per heavy atom. The number of nitrogens with two attached hydrogens (primary N) is 1. The lowest BCUT2D eigenvalue weighted by molar-refractivity contribution is -0.142. The number of nitrogens with zero attached hydrogens (tertiary/aromatic N) is 1. The molecule has 12 heteroatoms. The molecular weight excluding hydrogens is 921 g/mol. The molecule has 0 aromatic rings. The Balaban J connectivity index is 5.66. The van der Waals surface area contributed by atoms with Crippen molar-refractivity contribution in [2.75, 3.05) is 26.7 Å². The van der Waals surface area contributed by atoms with Gasteiger partial charge in [-0.25, -0.2) is 0 Å². The molecule has 12 nitrogen and oxygen atoms in total. The first-order valence-electron chi connectivity index (χ1n) is 30.9. The highest BCUT2D eigenvalue weighted by Gasteiger charge is 2.20. The van der Waals surface area contributed by atoms with E-state index in [1.165, 1.54) is 200 Å². The van der Waals surface area contributed by atoms with Gasteiger partial charge in [-0.1, -0.05) is 225 Å². The Hall–Kier alpha value is -2.73. The Kier molecular flexibility index (Phi) is 52.1. The minimum atomic E-state index is -0.691. The first-order valence-corrected chi connectivity index (χ1v) is 30.9. The number of carboxylic acid groups (broad SMARTS) is 4. The molecule has 0 saturated carbocycles. The number of unbranched alkanes of at least 4 members (excludes halogenated alkanes) is 35. The van der Waals surface area contributed by atoms with Gasteiger partial charge in [0, 0.05) is 38.8 Å². The summed E-state index contributed by atoms with van der Waals surface area (Å²) in [6, 6.07) is -0.569. The molecule has 0 saturated heterocycles. The predicted molar refractivity (Wildman–Crippen MR) is 300 cm³/mol. The van der Waals surface area contributed by atoms with Gasteiger partial charge in [0.25, 0.3) is 0 Å². The minimum absolute atomic E-state index is 0.284. The van der Waals surface area contributed by atoms with Crippen LogP contribution in [0.4, 0.5) is 0 Å². The molecule has 0 aromatic carbocycles. The minimum Gasteiger partial charge on any atom is -0.481 e. The Morgan fingerprint density at radius 1 is 0.329 bits per heavy atom. The highest BCUT2D eigenvalue weighted by atomic mass is 16.5. The van der Waals surface area contributed by atoms with Crippen LogP contribution in [0.15, 0.2) is 0 Å². The summed E-state index contributed by atoms with van der Waals surface area (Å²) >= 11 is 0. The summed E-state index contributed by atoms with van der Waals surface area (Å²) in [7, 11) is 1.41. The summed E-state index contributed by atoms with van der Waals surface area (Å²) in [4.78, 5) is 58.3. The lowest BCUT2D eigenvalue weighted by Gasteiger charge is -2.32. The maximum Gasteiger partial charge on any atom is 0.322 e. The number of methoxy groups -OCH3 is 1. The van der Waals surface area contributed by atoms with Crippen LogP contribution in [0.2, 0.25) is 0 Å². The SMILES string of the molecule is COC(=O)C(N)CCCCN(CC(CCCCCCCCCCCCC(=O)O)CCCCCCCCCCCC(=O)O)CC(CCCCCCCCCCCCC(=O)O)CCCCCCCCCCCC(=O)O. The number of rotatable bonds is 60. The first kappa shape index (κ1) is 70.3. The van der Waals surface area contributed by atoms with Crippen LogP contribution < -0.4 is 5.73 Å². The lowest BCUT2D eigenvalue weighted by atomic mass is 9.91. The predicted octanol–water partition coefficient (Wildman–Crippen LogP) is 16.5. The zero-order valence-electron chi connectivity index (χ0n) is 47.3. The second-order valence-corrected chi connectivity index (χ2v) is 22.3. The number of ether oxygens (including phenoxy) is 1. The highest BCUT2D eigenvalue weighted by Crippen LogP contribution is 2.26. The standard InChI is InChI=1S/C61H116N2O10/c1-73-61(72)56(62)46-40-41-51-63(52-54(44-34-26-18-10-6-14-22-30-38-49-59(68)69)42-32-24-16-8-2-4-12-20-28-36-47-57(64)65)53-55(45-35-27-19-11-7-15-23-31-39-50-60(70)71)43-33-25-17-9-3-5-13-21-29-37-48-58(66)67/h54-56H,2-53,62H2,1H3,(H,64,65)(H,66,67)(H,68,69)(H,70,71). The largest absolute Gasteiger partial charge is 0.481 e. The fraction of sp³-hybridized carbons (Fsp3) is 0.918. The number of carbonyl (C=O) groups is 5. The van der Waals surface area contributed by atoms with Crippen molar-refractivity contribution in [2.24, 2.45) is 17.6 Å². The van der Waals surface area contributed by atoms with E-state index in [-0.39, 0.29) is 31.7 Å². The number of hydrogen-bond donors (Lipinski definition) is 5. The fourth-order valence-corrected chi connectivity index (χ4v) is 10.8. The maximum atomic E-state index is 12.2. The second-order valence-electron chi connectivity index (χ2n) is 22.3. The topological polar surface area (TPSA) is 205 Å². The maximum absolute atomic E-state index is 12.2. The zero-order valence-corrected chi connectivity index (χ0v) is 47.3. The fourth-order valence-electron chi connectivity index (χ4n) is 10.8. The molecule has 0 amide bonds. The molecule has 0 aliphatic rings. The summed E-state index contributed by atoms with van der Waals surface area (Å²) in [6.45, 7) is 3.31. The van der Waals surface area contributed by atoms with Crippen LogP contribution in [-0.2, 0) is 28.7 Å². The number of carboxylic acids is 4. The van der Waals surface area contributed by atoms with E-state index in [2.05, 4.69) is 4.90 Å². The molecule has 0 heterocycles. The monoisotopic (exact) mass is 1040 g/mol. The molecule has 3 unspecified atom stereocenters. The van der Waals surface area contributed by atoms with Gasteiger partial charge in [0.05, 0.1) is 7.11 Å². The average molecular weight is 1040 g/mol. The van der Waals surface area contributed by atoms with E-state index in [9.17, 15) is 24.0 Å². The van der Waals surface area contributed by atoms with E-state index in [1.807, 2.05) is 0 Å². The number of carbonyl (C=O) groups excluding carboxylic acids is 1. The van der Waals surface area contributed by atoms with E-state index < -0.39 is 29.9 Å². The van der Waals surface area contributed by atoms with Crippen molar-refractivity contribution in [3.8, 4) is 0 Å². The van der Waals surface area contributed by atoms with E-state index >= 15 is 0 Å². The van der Waals surface area contributed by atoms with Crippen molar-refractivity contribution in [1.29, 1.82) is 0 Å². The molecule has 0 spiro atoms. The van der Waals surface area contributed by atoms with Crippen LogP contribution >= 0.6 is 0 Å². The molecule has 3 atom stereocenters. The van der Waals surface area contributed by atoms with Crippen molar-refractivity contribution in [1.82, 2.24) is 4.90 Å². The van der Waals surface area contributed by atoms with Crippen LogP contribution in [0.5, 0.6) is 0 Å². The van der Waals surface area contributed by atoms with Crippen molar-refractivity contribution < 1.29 is 49.1 Å². The van der Waals surface area contributed by atoms with Crippen molar-refractivity contribution in [3.63, 3.8) is 0 Å². The summed E-state index contributed by atoms with van der Waals surface area (Å²) in [5.74, 6) is -1.76. The molecular formula is C61H116N2O10. The normalized spacial score (nSPS) is 12.8. The summed E-state index contributed by atoms with van der Waals surface area (Å²) in [5, 5.41) is 35.7. The first-order chi connectivity index (χ1) is 35.4. The quantitative estimate of drug-likeness (QED) is 0.0285.